The Kier molecular flexibility index (Phi) is 2.59. The van der Waals surface area contributed by atoms with E-state index >= 15 is 0 Å². The molecule has 11 heavy (non-hydrogen) atoms. The minimum atomic E-state index is -0.0922. The van der Waals surface area contributed by atoms with Crippen molar-refractivity contribution in [2.45, 2.75) is 27.0 Å². The summed E-state index contributed by atoms with van der Waals surface area (Å²) in [7, 11) is 0. The quantitative estimate of drug-likeness (QED) is 0.688. The molecule has 0 radical (unpaired) electrons. The van der Waals surface area contributed by atoms with Gasteiger partial charge in [-0.25, -0.2) is 4.68 Å². The number of hydrogen-bond acceptors (Lipinski definition) is 3. The third kappa shape index (κ3) is 2.31. The molecule has 0 unspecified atom stereocenters. The van der Waals surface area contributed by atoms with Crippen molar-refractivity contribution in [3.8, 4) is 0 Å². The Morgan fingerprint density at radius 3 is 2.82 bits per heavy atom. The molecule has 0 fully saturated rings. The Morgan fingerprint density at radius 1 is 1.64 bits per heavy atom. The average molecular weight is 155 g/mol. The summed E-state index contributed by atoms with van der Waals surface area (Å²) in [4.78, 5) is 0. The second-order valence-electron chi connectivity index (χ2n) is 2.99. The smallest absolute Gasteiger partial charge is 0.137 e. The Hall–Kier alpha value is -0.900. The van der Waals surface area contributed by atoms with Crippen molar-refractivity contribution in [3.63, 3.8) is 0 Å². The lowest BCUT2D eigenvalue weighted by Crippen LogP contribution is -1.96. The van der Waals surface area contributed by atoms with Crippen molar-refractivity contribution in [1.82, 2.24) is 15.0 Å². The zero-order valence-electron chi connectivity index (χ0n) is 6.86. The number of aliphatic hydroxyl groups is 1. The van der Waals surface area contributed by atoms with Crippen LogP contribution in [0.2, 0.25) is 0 Å². The fourth-order valence-electron chi connectivity index (χ4n) is 0.919. The van der Waals surface area contributed by atoms with E-state index in [1.54, 1.807) is 6.20 Å². The molecule has 0 aliphatic rings. The predicted octanol–water partition coefficient (Wildman–Crippen LogP) is 0.426. The summed E-state index contributed by atoms with van der Waals surface area (Å²) in [6, 6.07) is 0. The van der Waals surface area contributed by atoms with Gasteiger partial charge in [0.05, 0.1) is 11.9 Å². The van der Waals surface area contributed by atoms with Gasteiger partial charge in [-0.05, 0) is 12.3 Å². The van der Waals surface area contributed by atoms with Gasteiger partial charge in [0.1, 0.15) is 6.73 Å². The summed E-state index contributed by atoms with van der Waals surface area (Å²) in [5.74, 6) is 0.582. The van der Waals surface area contributed by atoms with Gasteiger partial charge in [-0.1, -0.05) is 19.1 Å². The van der Waals surface area contributed by atoms with E-state index in [9.17, 15) is 0 Å². The Bertz CT molecular complexity index is 219. The van der Waals surface area contributed by atoms with E-state index < -0.39 is 0 Å². The van der Waals surface area contributed by atoms with Crippen LogP contribution >= 0.6 is 0 Å². The molecule has 0 atom stereocenters. The molecule has 1 aromatic heterocycles. The molecular formula is C7H13N3O. The summed E-state index contributed by atoms with van der Waals surface area (Å²) in [6.45, 7) is 4.15. The van der Waals surface area contributed by atoms with Gasteiger partial charge in [0.2, 0.25) is 0 Å². The van der Waals surface area contributed by atoms with E-state index in [2.05, 4.69) is 24.2 Å². The van der Waals surface area contributed by atoms with Gasteiger partial charge in [0, 0.05) is 0 Å². The predicted molar refractivity (Wildman–Crippen MR) is 40.8 cm³/mol. The van der Waals surface area contributed by atoms with Gasteiger partial charge in [-0.3, -0.25) is 0 Å². The third-order valence-electron chi connectivity index (χ3n) is 1.35. The largest absolute Gasteiger partial charge is 0.374 e. The average Bonchev–Trinajstić information content (AvgIpc) is 2.34. The van der Waals surface area contributed by atoms with Crippen LogP contribution in [0.3, 0.4) is 0 Å². The third-order valence-corrected chi connectivity index (χ3v) is 1.35. The van der Waals surface area contributed by atoms with Gasteiger partial charge in [-0.15, -0.1) is 5.10 Å². The lowest BCUT2D eigenvalue weighted by Gasteiger charge is -1.97. The minimum absolute atomic E-state index is 0.0922. The lowest BCUT2D eigenvalue weighted by atomic mass is 10.1. The molecule has 0 aromatic carbocycles. The molecule has 4 heteroatoms. The number of aromatic nitrogens is 3. The maximum atomic E-state index is 8.65. The van der Waals surface area contributed by atoms with Crippen LogP contribution in [0.15, 0.2) is 6.20 Å². The highest BCUT2D eigenvalue weighted by molar-refractivity contribution is 4.92. The van der Waals surface area contributed by atoms with Crippen LogP contribution < -0.4 is 0 Å². The fraction of sp³-hybridized carbons (Fsp3) is 0.714. The monoisotopic (exact) mass is 155 g/mol. The zero-order chi connectivity index (χ0) is 8.27. The molecular weight excluding hydrogens is 142 g/mol. The van der Waals surface area contributed by atoms with Crippen molar-refractivity contribution < 1.29 is 5.11 Å². The molecule has 0 saturated carbocycles. The van der Waals surface area contributed by atoms with Crippen molar-refractivity contribution in [2.24, 2.45) is 5.92 Å². The van der Waals surface area contributed by atoms with Crippen molar-refractivity contribution in [3.05, 3.63) is 11.9 Å². The second kappa shape index (κ2) is 3.48. The number of aliphatic hydroxyl groups excluding tert-OH is 1. The zero-order valence-corrected chi connectivity index (χ0v) is 6.86. The number of nitrogens with zero attached hydrogens (tertiary/aromatic N) is 3. The first-order valence-electron chi connectivity index (χ1n) is 3.72. The van der Waals surface area contributed by atoms with E-state index in [0.29, 0.717) is 5.92 Å². The van der Waals surface area contributed by atoms with Gasteiger partial charge in [-0.2, -0.15) is 0 Å². The van der Waals surface area contributed by atoms with Crippen LogP contribution in [0.4, 0.5) is 0 Å². The van der Waals surface area contributed by atoms with Crippen LogP contribution in [0.5, 0.6) is 0 Å². The van der Waals surface area contributed by atoms with Gasteiger partial charge < -0.3 is 5.11 Å². The highest BCUT2D eigenvalue weighted by Gasteiger charge is 2.01. The van der Waals surface area contributed by atoms with Crippen LogP contribution in [-0.4, -0.2) is 20.1 Å². The molecule has 1 aromatic rings. The van der Waals surface area contributed by atoms with Crippen molar-refractivity contribution >= 4 is 0 Å². The summed E-state index contributed by atoms with van der Waals surface area (Å²) < 4.78 is 1.41. The molecule has 0 amide bonds. The molecule has 0 saturated heterocycles. The van der Waals surface area contributed by atoms with E-state index in [1.807, 2.05) is 0 Å². The maximum Gasteiger partial charge on any atom is 0.137 e. The Morgan fingerprint density at radius 2 is 2.36 bits per heavy atom. The summed E-state index contributed by atoms with van der Waals surface area (Å²) in [5.41, 5.74) is 0.939. The normalized spacial score (nSPS) is 10.9. The van der Waals surface area contributed by atoms with Crippen LogP contribution in [0, 0.1) is 5.92 Å². The molecule has 0 aliphatic carbocycles. The molecule has 1 heterocycles. The second-order valence-corrected chi connectivity index (χ2v) is 2.99. The molecule has 1 N–H and O–H groups in total. The van der Waals surface area contributed by atoms with Crippen LogP contribution in [0.1, 0.15) is 19.5 Å². The van der Waals surface area contributed by atoms with E-state index in [0.717, 1.165) is 12.1 Å². The maximum absolute atomic E-state index is 8.65. The SMILES string of the molecule is CC(C)Cc1cn(CO)nn1. The Labute approximate surface area is 65.8 Å². The standard InChI is InChI=1S/C7H13N3O/c1-6(2)3-7-4-10(5-11)9-8-7/h4,6,11H,3,5H2,1-2H3. The summed E-state index contributed by atoms with van der Waals surface area (Å²) in [5, 5.41) is 16.2. The van der Waals surface area contributed by atoms with Gasteiger partial charge in [0.25, 0.3) is 0 Å². The molecule has 0 spiro atoms. The first-order chi connectivity index (χ1) is 5.22. The first-order valence-corrected chi connectivity index (χ1v) is 3.72. The Balaban J connectivity index is 2.58. The topological polar surface area (TPSA) is 50.9 Å². The summed E-state index contributed by atoms with van der Waals surface area (Å²) in [6.07, 6.45) is 2.68. The molecule has 62 valence electrons. The molecule has 4 nitrogen and oxygen atoms in total. The minimum Gasteiger partial charge on any atom is -0.374 e. The van der Waals surface area contributed by atoms with Crippen molar-refractivity contribution in [2.75, 3.05) is 0 Å². The fourth-order valence-corrected chi connectivity index (χ4v) is 0.919. The van der Waals surface area contributed by atoms with Gasteiger partial charge >= 0.3 is 0 Å². The van der Waals surface area contributed by atoms with Gasteiger partial charge in [0.15, 0.2) is 0 Å². The molecule has 1 rings (SSSR count). The lowest BCUT2D eigenvalue weighted by molar-refractivity contribution is 0.192. The van der Waals surface area contributed by atoms with Crippen LogP contribution in [-0.2, 0) is 13.2 Å². The molecule has 0 aliphatic heterocycles. The first kappa shape index (κ1) is 8.20. The molecule has 0 bridgehead atoms. The van der Waals surface area contributed by atoms with E-state index in [-0.39, 0.29) is 6.73 Å². The number of rotatable bonds is 3. The van der Waals surface area contributed by atoms with Crippen molar-refractivity contribution in [1.29, 1.82) is 0 Å². The van der Waals surface area contributed by atoms with Crippen LogP contribution in [0.25, 0.3) is 0 Å². The highest BCUT2D eigenvalue weighted by atomic mass is 16.3. The number of hydrogen-bond donors (Lipinski definition) is 1. The van der Waals surface area contributed by atoms with E-state index in [1.165, 1.54) is 4.68 Å². The summed E-state index contributed by atoms with van der Waals surface area (Å²) >= 11 is 0. The highest BCUT2D eigenvalue weighted by Crippen LogP contribution is 2.02. The van der Waals surface area contributed by atoms with E-state index in [4.69, 9.17) is 5.11 Å².